The maximum atomic E-state index is 11.4. The van der Waals surface area contributed by atoms with Gasteiger partial charge in [-0.1, -0.05) is 0 Å². The minimum atomic E-state index is -2.07. The zero-order valence-corrected chi connectivity index (χ0v) is 14.1. The maximum absolute atomic E-state index is 11.4. The summed E-state index contributed by atoms with van der Waals surface area (Å²) in [6.45, 7) is 2.92. The van der Waals surface area contributed by atoms with Crippen molar-refractivity contribution in [2.24, 2.45) is 0 Å². The SMILES string of the molecule is CC(=O)OC(CO)C(OC(C)=O)C(OC(C)=O)C(OC(C)=O)C(=O)O. The summed E-state index contributed by atoms with van der Waals surface area (Å²) in [4.78, 5) is 56.3. The van der Waals surface area contributed by atoms with E-state index in [0.717, 1.165) is 27.7 Å². The fraction of sp³-hybridized carbons (Fsp3) is 0.643. The van der Waals surface area contributed by atoms with Crippen LogP contribution in [0.2, 0.25) is 0 Å². The van der Waals surface area contributed by atoms with Gasteiger partial charge < -0.3 is 29.2 Å². The molecule has 0 aliphatic rings. The Labute approximate surface area is 142 Å². The molecule has 0 aromatic heterocycles. The Kier molecular flexibility index (Phi) is 9.13. The first-order valence-corrected chi connectivity index (χ1v) is 7.02. The Balaban J connectivity index is 5.98. The van der Waals surface area contributed by atoms with Crippen LogP contribution in [-0.2, 0) is 42.9 Å². The summed E-state index contributed by atoms with van der Waals surface area (Å²) in [6, 6.07) is 0. The van der Waals surface area contributed by atoms with Crippen molar-refractivity contribution in [2.75, 3.05) is 6.61 Å². The van der Waals surface area contributed by atoms with E-state index in [9.17, 15) is 34.2 Å². The summed E-state index contributed by atoms with van der Waals surface area (Å²) >= 11 is 0. The molecule has 0 radical (unpaired) electrons. The predicted octanol–water partition coefficient (Wildman–Crippen LogP) is -1.21. The van der Waals surface area contributed by atoms with Crippen LogP contribution in [-0.4, -0.2) is 71.1 Å². The van der Waals surface area contributed by atoms with Crippen LogP contribution in [0.15, 0.2) is 0 Å². The molecule has 0 aliphatic heterocycles. The highest BCUT2D eigenvalue weighted by Gasteiger charge is 2.46. The number of hydrogen-bond acceptors (Lipinski definition) is 10. The Hall–Kier alpha value is -2.69. The van der Waals surface area contributed by atoms with Crippen molar-refractivity contribution in [1.29, 1.82) is 0 Å². The molecule has 0 saturated carbocycles. The Morgan fingerprint density at radius 3 is 1.44 bits per heavy atom. The number of hydrogen-bond donors (Lipinski definition) is 2. The summed E-state index contributed by atoms with van der Waals surface area (Å²) in [5.74, 6) is -5.53. The van der Waals surface area contributed by atoms with Crippen molar-refractivity contribution in [2.45, 2.75) is 52.1 Å². The number of esters is 4. The maximum Gasteiger partial charge on any atom is 0.349 e. The number of carbonyl (C=O) groups is 5. The van der Waals surface area contributed by atoms with Crippen molar-refractivity contribution in [3.63, 3.8) is 0 Å². The van der Waals surface area contributed by atoms with E-state index < -0.39 is 60.9 Å². The van der Waals surface area contributed by atoms with E-state index in [0.29, 0.717) is 0 Å². The topological polar surface area (TPSA) is 163 Å². The molecule has 0 amide bonds. The molecule has 11 nitrogen and oxygen atoms in total. The molecule has 0 aromatic carbocycles. The predicted molar refractivity (Wildman–Crippen MR) is 76.9 cm³/mol. The van der Waals surface area contributed by atoms with Gasteiger partial charge in [-0.3, -0.25) is 19.2 Å². The van der Waals surface area contributed by atoms with E-state index in [1.165, 1.54) is 0 Å². The van der Waals surface area contributed by atoms with Crippen LogP contribution in [0.25, 0.3) is 0 Å². The van der Waals surface area contributed by atoms with E-state index in [1.54, 1.807) is 0 Å². The normalized spacial score (nSPS) is 15.1. The van der Waals surface area contributed by atoms with Gasteiger partial charge in [-0.15, -0.1) is 0 Å². The zero-order valence-electron chi connectivity index (χ0n) is 14.1. The zero-order chi connectivity index (χ0) is 19.7. The number of rotatable bonds is 9. The van der Waals surface area contributed by atoms with Crippen LogP contribution in [0.5, 0.6) is 0 Å². The number of ether oxygens (including phenoxy) is 4. The summed E-state index contributed by atoms with van der Waals surface area (Å²) in [5.41, 5.74) is 0. The first-order valence-electron chi connectivity index (χ1n) is 7.02. The number of carboxylic acid groups (broad SMARTS) is 1. The third kappa shape index (κ3) is 8.11. The Morgan fingerprint density at radius 2 is 1.12 bits per heavy atom. The van der Waals surface area contributed by atoms with Crippen molar-refractivity contribution in [1.82, 2.24) is 0 Å². The highest BCUT2D eigenvalue weighted by Crippen LogP contribution is 2.19. The largest absolute Gasteiger partial charge is 0.478 e. The summed E-state index contributed by atoms with van der Waals surface area (Å²) in [7, 11) is 0. The number of carboxylic acids is 1. The Bertz CT molecular complexity index is 527. The van der Waals surface area contributed by atoms with Gasteiger partial charge in [-0.2, -0.15) is 0 Å². The first kappa shape index (κ1) is 22.3. The molecule has 0 fully saturated rings. The second-order valence-corrected chi connectivity index (χ2v) is 4.85. The lowest BCUT2D eigenvalue weighted by atomic mass is 10.0. The third-order valence-corrected chi connectivity index (χ3v) is 2.63. The quantitative estimate of drug-likeness (QED) is 0.373. The van der Waals surface area contributed by atoms with E-state index in [-0.39, 0.29) is 0 Å². The molecule has 4 unspecified atom stereocenters. The average Bonchev–Trinajstić information content (AvgIpc) is 2.45. The molecular formula is C14H20O11. The lowest BCUT2D eigenvalue weighted by molar-refractivity contribution is -0.205. The van der Waals surface area contributed by atoms with Gasteiger partial charge in [-0.05, 0) is 0 Å². The summed E-state index contributed by atoms with van der Waals surface area (Å²) in [6.07, 6.45) is -7.26. The lowest BCUT2D eigenvalue weighted by Crippen LogP contribution is -2.54. The molecular weight excluding hydrogens is 344 g/mol. The second kappa shape index (κ2) is 10.2. The van der Waals surface area contributed by atoms with Gasteiger partial charge in [-0.25, -0.2) is 4.79 Å². The molecule has 0 bridgehead atoms. The van der Waals surface area contributed by atoms with Crippen molar-refractivity contribution in [3.8, 4) is 0 Å². The molecule has 142 valence electrons. The van der Waals surface area contributed by atoms with Crippen LogP contribution in [0, 0.1) is 0 Å². The van der Waals surface area contributed by atoms with Crippen LogP contribution in [0.3, 0.4) is 0 Å². The average molecular weight is 364 g/mol. The van der Waals surface area contributed by atoms with Crippen LogP contribution in [0.1, 0.15) is 27.7 Å². The smallest absolute Gasteiger partial charge is 0.349 e. The van der Waals surface area contributed by atoms with Crippen LogP contribution in [0.4, 0.5) is 0 Å². The Morgan fingerprint density at radius 1 is 0.720 bits per heavy atom. The van der Waals surface area contributed by atoms with Gasteiger partial charge in [0.15, 0.2) is 18.3 Å². The first-order chi connectivity index (χ1) is 11.5. The lowest BCUT2D eigenvalue weighted by Gasteiger charge is -2.33. The van der Waals surface area contributed by atoms with E-state index in [2.05, 4.69) is 4.74 Å². The van der Waals surface area contributed by atoms with Gasteiger partial charge in [0, 0.05) is 27.7 Å². The van der Waals surface area contributed by atoms with Crippen molar-refractivity contribution >= 4 is 29.8 Å². The monoisotopic (exact) mass is 364 g/mol. The molecule has 25 heavy (non-hydrogen) atoms. The molecule has 11 heteroatoms. The van der Waals surface area contributed by atoms with E-state index >= 15 is 0 Å². The molecule has 4 atom stereocenters. The second-order valence-electron chi connectivity index (χ2n) is 4.85. The number of aliphatic hydroxyl groups excluding tert-OH is 1. The van der Waals surface area contributed by atoms with E-state index in [1.807, 2.05) is 0 Å². The molecule has 0 spiro atoms. The molecule has 0 aliphatic carbocycles. The number of aliphatic carboxylic acids is 1. The van der Waals surface area contributed by atoms with Gasteiger partial charge in [0.25, 0.3) is 0 Å². The number of carbonyl (C=O) groups excluding carboxylic acids is 4. The van der Waals surface area contributed by atoms with Gasteiger partial charge in [0.1, 0.15) is 0 Å². The van der Waals surface area contributed by atoms with Gasteiger partial charge in [0.2, 0.25) is 6.10 Å². The summed E-state index contributed by atoms with van der Waals surface area (Å²) in [5, 5.41) is 18.6. The van der Waals surface area contributed by atoms with Crippen molar-refractivity contribution in [3.05, 3.63) is 0 Å². The highest BCUT2D eigenvalue weighted by atomic mass is 16.6. The minimum absolute atomic E-state index is 0.878. The van der Waals surface area contributed by atoms with Gasteiger partial charge in [0.05, 0.1) is 6.61 Å². The molecule has 0 rings (SSSR count). The fourth-order valence-corrected chi connectivity index (χ4v) is 1.90. The van der Waals surface area contributed by atoms with Crippen LogP contribution < -0.4 is 0 Å². The fourth-order valence-electron chi connectivity index (χ4n) is 1.90. The third-order valence-electron chi connectivity index (χ3n) is 2.63. The molecule has 0 saturated heterocycles. The number of aliphatic hydroxyl groups is 1. The molecule has 0 heterocycles. The summed E-state index contributed by atoms with van der Waals surface area (Å²) < 4.78 is 19.1. The van der Waals surface area contributed by atoms with Gasteiger partial charge >= 0.3 is 29.8 Å². The molecule has 2 N–H and O–H groups in total. The molecule has 0 aromatic rings. The highest BCUT2D eigenvalue weighted by molar-refractivity contribution is 5.78. The van der Waals surface area contributed by atoms with E-state index in [4.69, 9.17) is 14.2 Å². The van der Waals surface area contributed by atoms with Crippen molar-refractivity contribution < 1.29 is 53.1 Å². The standard InChI is InChI=1S/C14H20O11/c1-6(16)22-10(5-15)11(23-7(2)17)12(24-8(3)18)13(14(20)21)25-9(4)19/h10-13,15H,5H2,1-4H3,(H,20,21). The minimum Gasteiger partial charge on any atom is -0.478 e. The van der Waals surface area contributed by atoms with Crippen LogP contribution >= 0.6 is 0 Å².